The van der Waals surface area contributed by atoms with Crippen LogP contribution in [0.1, 0.15) is 45.7 Å². The van der Waals surface area contributed by atoms with Crippen LogP contribution >= 0.6 is 0 Å². The van der Waals surface area contributed by atoms with Crippen LogP contribution in [0, 0.1) is 0 Å². The molecule has 20 heavy (non-hydrogen) atoms. The summed E-state index contributed by atoms with van der Waals surface area (Å²) in [5.74, 6) is 1.11. The van der Waals surface area contributed by atoms with Crippen molar-refractivity contribution in [3.8, 4) is 0 Å². The minimum absolute atomic E-state index is 0.266. The van der Waals surface area contributed by atoms with Gasteiger partial charge in [-0.3, -0.25) is 0 Å². The first-order valence-electron chi connectivity index (χ1n) is 7.73. The van der Waals surface area contributed by atoms with Gasteiger partial charge in [0.15, 0.2) is 0 Å². The Morgan fingerprint density at radius 1 is 1.50 bits per heavy atom. The second-order valence-corrected chi connectivity index (χ2v) is 5.55. The topological polar surface area (TPSA) is 37.4 Å². The summed E-state index contributed by atoms with van der Waals surface area (Å²) in [4.78, 5) is 7.10. The smallest absolute Gasteiger partial charge is 0.133 e. The Labute approximate surface area is 122 Å². The summed E-state index contributed by atoms with van der Waals surface area (Å²) in [6, 6.07) is 4.95. The highest BCUT2D eigenvalue weighted by Crippen LogP contribution is 2.28. The Kier molecular flexibility index (Phi) is 5.38. The van der Waals surface area contributed by atoms with Crippen LogP contribution < -0.4 is 10.2 Å². The van der Waals surface area contributed by atoms with Crippen LogP contribution in [0.5, 0.6) is 0 Å². The summed E-state index contributed by atoms with van der Waals surface area (Å²) in [5.41, 5.74) is 1.28. The summed E-state index contributed by atoms with van der Waals surface area (Å²) >= 11 is 0. The molecule has 112 valence electrons. The molecule has 1 aliphatic rings. The lowest BCUT2D eigenvalue weighted by atomic mass is 10.1. The van der Waals surface area contributed by atoms with Gasteiger partial charge in [-0.05, 0) is 32.9 Å². The lowest BCUT2D eigenvalue weighted by Crippen LogP contribution is -2.49. The Morgan fingerprint density at radius 2 is 2.30 bits per heavy atom. The second kappa shape index (κ2) is 7.04. The van der Waals surface area contributed by atoms with Crippen molar-refractivity contribution in [3.05, 3.63) is 23.9 Å². The lowest BCUT2D eigenvalue weighted by Gasteiger charge is -2.40. The molecule has 2 heterocycles. The van der Waals surface area contributed by atoms with Crippen LogP contribution in [0.3, 0.4) is 0 Å². The monoisotopic (exact) mass is 277 g/mol. The van der Waals surface area contributed by atoms with Crippen LogP contribution in [0.15, 0.2) is 18.3 Å². The van der Waals surface area contributed by atoms with Gasteiger partial charge in [-0.15, -0.1) is 0 Å². The van der Waals surface area contributed by atoms with Crippen LogP contribution in [-0.4, -0.2) is 36.8 Å². The molecule has 0 spiro atoms. The molecule has 0 amide bonds. The highest BCUT2D eigenvalue weighted by Gasteiger charge is 2.28. The summed E-state index contributed by atoms with van der Waals surface area (Å²) in [6.07, 6.45) is 3.24. The Morgan fingerprint density at radius 3 is 3.00 bits per heavy atom. The van der Waals surface area contributed by atoms with E-state index in [2.05, 4.69) is 49.0 Å². The molecule has 4 heteroatoms. The van der Waals surface area contributed by atoms with E-state index in [1.165, 1.54) is 5.56 Å². The van der Waals surface area contributed by atoms with Gasteiger partial charge in [-0.25, -0.2) is 4.98 Å². The first-order valence-corrected chi connectivity index (χ1v) is 7.73. The third-order valence-corrected chi connectivity index (χ3v) is 4.00. The molecule has 1 N–H and O–H groups in total. The van der Waals surface area contributed by atoms with Crippen molar-refractivity contribution in [2.75, 3.05) is 24.6 Å². The standard InChI is InChI=1S/C16H27N3O/c1-5-14-11-20-12(3)10-19(14)16-15(8-7-9-18-16)13(4)17-6-2/h7-9,12-14,17H,5-6,10-11H2,1-4H3. The van der Waals surface area contributed by atoms with Gasteiger partial charge in [-0.2, -0.15) is 0 Å². The lowest BCUT2D eigenvalue weighted by molar-refractivity contribution is 0.0295. The average Bonchev–Trinajstić information content (AvgIpc) is 2.47. The molecule has 1 saturated heterocycles. The fourth-order valence-corrected chi connectivity index (χ4v) is 2.85. The molecular formula is C16H27N3O. The van der Waals surface area contributed by atoms with E-state index in [0.29, 0.717) is 12.1 Å². The number of nitrogens with one attached hydrogen (secondary N) is 1. The predicted molar refractivity (Wildman–Crippen MR) is 83.2 cm³/mol. The van der Waals surface area contributed by atoms with Crippen molar-refractivity contribution in [2.24, 2.45) is 0 Å². The highest BCUT2D eigenvalue weighted by atomic mass is 16.5. The molecule has 0 saturated carbocycles. The summed E-state index contributed by atoms with van der Waals surface area (Å²) in [6.45, 7) is 11.4. The van der Waals surface area contributed by atoms with Gasteiger partial charge >= 0.3 is 0 Å². The molecule has 1 aromatic rings. The van der Waals surface area contributed by atoms with Gasteiger partial charge in [0.1, 0.15) is 5.82 Å². The molecule has 0 aromatic carbocycles. The van der Waals surface area contributed by atoms with Crippen molar-refractivity contribution in [2.45, 2.75) is 52.3 Å². The number of nitrogens with zero attached hydrogens (tertiary/aromatic N) is 2. The number of morpholine rings is 1. The van der Waals surface area contributed by atoms with Gasteiger partial charge in [0.25, 0.3) is 0 Å². The van der Waals surface area contributed by atoms with E-state index >= 15 is 0 Å². The molecule has 1 aliphatic heterocycles. The van der Waals surface area contributed by atoms with E-state index in [0.717, 1.165) is 31.9 Å². The highest BCUT2D eigenvalue weighted by molar-refractivity contribution is 5.49. The van der Waals surface area contributed by atoms with E-state index in [4.69, 9.17) is 4.74 Å². The molecule has 1 fully saturated rings. The summed E-state index contributed by atoms with van der Waals surface area (Å²) < 4.78 is 5.80. The molecule has 3 atom stereocenters. The zero-order valence-corrected chi connectivity index (χ0v) is 13.1. The fourth-order valence-electron chi connectivity index (χ4n) is 2.85. The van der Waals surface area contributed by atoms with E-state index in [1.54, 1.807) is 0 Å². The number of ether oxygens (including phenoxy) is 1. The second-order valence-electron chi connectivity index (χ2n) is 5.55. The Bertz CT molecular complexity index is 424. The van der Waals surface area contributed by atoms with Gasteiger partial charge in [0.2, 0.25) is 0 Å². The maximum Gasteiger partial charge on any atom is 0.133 e. The average molecular weight is 277 g/mol. The largest absolute Gasteiger partial charge is 0.375 e. The molecule has 0 radical (unpaired) electrons. The van der Waals surface area contributed by atoms with Crippen molar-refractivity contribution in [1.82, 2.24) is 10.3 Å². The van der Waals surface area contributed by atoms with Crippen molar-refractivity contribution >= 4 is 5.82 Å². The molecule has 4 nitrogen and oxygen atoms in total. The minimum atomic E-state index is 0.266. The fraction of sp³-hybridized carbons (Fsp3) is 0.688. The van der Waals surface area contributed by atoms with Crippen LogP contribution in [0.2, 0.25) is 0 Å². The normalized spacial score (nSPS) is 24.7. The van der Waals surface area contributed by atoms with Gasteiger partial charge < -0.3 is 15.0 Å². The van der Waals surface area contributed by atoms with Crippen LogP contribution in [0.25, 0.3) is 0 Å². The van der Waals surface area contributed by atoms with Crippen LogP contribution in [-0.2, 0) is 4.74 Å². The summed E-state index contributed by atoms with van der Waals surface area (Å²) in [5, 5.41) is 3.49. The number of hydrogen-bond acceptors (Lipinski definition) is 4. The third-order valence-electron chi connectivity index (χ3n) is 4.00. The van der Waals surface area contributed by atoms with E-state index < -0.39 is 0 Å². The Hall–Kier alpha value is -1.13. The quantitative estimate of drug-likeness (QED) is 0.898. The third kappa shape index (κ3) is 3.30. The molecule has 3 unspecified atom stereocenters. The molecule has 1 aromatic heterocycles. The number of hydrogen-bond donors (Lipinski definition) is 1. The number of rotatable bonds is 5. The van der Waals surface area contributed by atoms with Crippen molar-refractivity contribution < 1.29 is 4.74 Å². The minimum Gasteiger partial charge on any atom is -0.375 e. The maximum absolute atomic E-state index is 5.80. The van der Waals surface area contributed by atoms with E-state index in [-0.39, 0.29) is 6.10 Å². The maximum atomic E-state index is 5.80. The number of anilines is 1. The first-order chi connectivity index (χ1) is 9.67. The molecule has 2 rings (SSSR count). The zero-order chi connectivity index (χ0) is 14.5. The zero-order valence-electron chi connectivity index (χ0n) is 13.1. The molecular weight excluding hydrogens is 250 g/mol. The first kappa shape index (κ1) is 15.3. The van der Waals surface area contributed by atoms with Crippen LogP contribution in [0.4, 0.5) is 5.82 Å². The van der Waals surface area contributed by atoms with Gasteiger partial charge in [-0.1, -0.05) is 19.9 Å². The molecule has 0 bridgehead atoms. The van der Waals surface area contributed by atoms with E-state index in [9.17, 15) is 0 Å². The van der Waals surface area contributed by atoms with Gasteiger partial charge in [0, 0.05) is 24.3 Å². The van der Waals surface area contributed by atoms with E-state index in [1.807, 2.05) is 12.3 Å². The number of aromatic nitrogens is 1. The summed E-state index contributed by atoms with van der Waals surface area (Å²) in [7, 11) is 0. The predicted octanol–water partition coefficient (Wildman–Crippen LogP) is 2.76. The molecule has 0 aliphatic carbocycles. The van der Waals surface area contributed by atoms with Gasteiger partial charge in [0.05, 0.1) is 18.8 Å². The SMILES string of the molecule is CCNC(C)c1cccnc1N1CC(C)OCC1CC. The number of pyridine rings is 1. The Balaban J connectivity index is 2.30. The van der Waals surface area contributed by atoms with Crippen molar-refractivity contribution in [1.29, 1.82) is 0 Å². The van der Waals surface area contributed by atoms with Crippen molar-refractivity contribution in [3.63, 3.8) is 0 Å².